The molecule has 0 aliphatic carbocycles. The summed E-state index contributed by atoms with van der Waals surface area (Å²) in [7, 11) is 1.44. The normalized spacial score (nSPS) is 10.7. The number of esters is 1. The number of carbonyl (C=O) groups is 2. The van der Waals surface area contributed by atoms with Gasteiger partial charge in [-0.1, -0.05) is 48.5 Å². The molecule has 0 atom stereocenters. The summed E-state index contributed by atoms with van der Waals surface area (Å²) in [5.41, 5.74) is 1.80. The Hall–Kier alpha value is -3.89. The monoisotopic (exact) mass is 490 g/mol. The van der Waals surface area contributed by atoms with Crippen molar-refractivity contribution in [2.45, 2.75) is 6.54 Å². The Labute approximate surface area is 194 Å². The number of halogens is 1. The minimum absolute atomic E-state index is 0.0547. The molecule has 32 heavy (non-hydrogen) atoms. The third-order valence-electron chi connectivity index (χ3n) is 4.46. The van der Waals surface area contributed by atoms with Crippen LogP contribution in [-0.4, -0.2) is 19.0 Å². The predicted molar refractivity (Wildman–Crippen MR) is 124 cm³/mol. The third kappa shape index (κ3) is 5.84. The van der Waals surface area contributed by atoms with E-state index in [0.29, 0.717) is 27.9 Å². The van der Waals surface area contributed by atoms with Crippen molar-refractivity contribution in [3.63, 3.8) is 0 Å². The zero-order valence-electron chi connectivity index (χ0n) is 17.2. The van der Waals surface area contributed by atoms with Crippen molar-refractivity contribution in [3.05, 3.63) is 99.5 Å². The van der Waals surface area contributed by atoms with Crippen LogP contribution in [0.1, 0.15) is 21.5 Å². The molecule has 0 heterocycles. The fraction of sp³-hybridized carbons (Fsp3) is 0.0800. The van der Waals surface area contributed by atoms with Gasteiger partial charge < -0.3 is 14.8 Å². The van der Waals surface area contributed by atoms with E-state index in [1.807, 2.05) is 36.4 Å². The van der Waals surface area contributed by atoms with E-state index < -0.39 is 11.9 Å². The van der Waals surface area contributed by atoms with Crippen LogP contribution in [-0.2, 0) is 11.3 Å². The van der Waals surface area contributed by atoms with Gasteiger partial charge in [0.25, 0.3) is 5.91 Å². The lowest BCUT2D eigenvalue weighted by Crippen LogP contribution is -2.23. The van der Waals surface area contributed by atoms with Gasteiger partial charge in [-0.05, 0) is 57.4 Å². The van der Waals surface area contributed by atoms with Crippen LogP contribution < -0.4 is 14.8 Å². The average molecular weight is 491 g/mol. The van der Waals surface area contributed by atoms with Gasteiger partial charge in [0, 0.05) is 11.0 Å². The number of amides is 1. The first-order chi connectivity index (χ1) is 15.5. The molecule has 1 N–H and O–H groups in total. The Morgan fingerprint density at radius 1 is 1.03 bits per heavy atom. The largest absolute Gasteiger partial charge is 0.493 e. The molecule has 0 saturated carbocycles. The predicted octanol–water partition coefficient (Wildman–Crippen LogP) is 4.90. The van der Waals surface area contributed by atoms with E-state index in [1.54, 1.807) is 42.5 Å². The van der Waals surface area contributed by atoms with Gasteiger partial charge in [0.05, 0.1) is 12.7 Å². The van der Waals surface area contributed by atoms with Crippen molar-refractivity contribution in [3.8, 4) is 17.6 Å². The molecule has 0 aromatic heterocycles. The van der Waals surface area contributed by atoms with Gasteiger partial charge in [0.15, 0.2) is 11.5 Å². The topological polar surface area (TPSA) is 88.4 Å². The van der Waals surface area contributed by atoms with Crippen molar-refractivity contribution < 1.29 is 19.1 Å². The molecule has 0 fully saturated rings. The first-order valence-electron chi connectivity index (χ1n) is 9.60. The summed E-state index contributed by atoms with van der Waals surface area (Å²) in [6.45, 7) is 0.311. The second-order valence-electron chi connectivity index (χ2n) is 6.62. The van der Waals surface area contributed by atoms with E-state index in [9.17, 15) is 14.9 Å². The summed E-state index contributed by atoms with van der Waals surface area (Å²) in [5, 5.41) is 12.1. The molecule has 0 aliphatic rings. The zero-order valence-corrected chi connectivity index (χ0v) is 18.8. The second kappa shape index (κ2) is 10.9. The molecule has 3 aromatic carbocycles. The van der Waals surface area contributed by atoms with Gasteiger partial charge in [-0.25, -0.2) is 4.79 Å². The molecule has 0 aliphatic heterocycles. The lowest BCUT2D eigenvalue weighted by molar-refractivity contribution is -0.117. The van der Waals surface area contributed by atoms with Crippen LogP contribution in [0.5, 0.6) is 11.5 Å². The van der Waals surface area contributed by atoms with E-state index in [2.05, 4.69) is 21.2 Å². The maximum absolute atomic E-state index is 12.5. The van der Waals surface area contributed by atoms with Crippen LogP contribution in [0.3, 0.4) is 0 Å². The lowest BCUT2D eigenvalue weighted by atomic mass is 10.1. The minimum atomic E-state index is -0.544. The van der Waals surface area contributed by atoms with Crippen molar-refractivity contribution in [1.82, 2.24) is 5.32 Å². The standard InChI is InChI=1S/C25H19BrN2O4/c1-31-23-14-18(11-12-22(23)32-25(30)20-9-5-6-10-21(20)26)13-19(15-27)24(29)28-16-17-7-3-2-4-8-17/h2-14H,16H2,1H3,(H,28,29)/b19-13-. The highest BCUT2D eigenvalue weighted by atomic mass is 79.9. The fourth-order valence-corrected chi connectivity index (χ4v) is 3.28. The summed E-state index contributed by atoms with van der Waals surface area (Å²) in [6.07, 6.45) is 1.45. The zero-order chi connectivity index (χ0) is 22.9. The summed E-state index contributed by atoms with van der Waals surface area (Å²) >= 11 is 3.33. The number of nitrogens with one attached hydrogen (secondary N) is 1. The number of methoxy groups -OCH3 is 1. The quantitative estimate of drug-likeness (QED) is 0.220. The third-order valence-corrected chi connectivity index (χ3v) is 5.15. The van der Waals surface area contributed by atoms with Gasteiger partial charge in [-0.2, -0.15) is 5.26 Å². The van der Waals surface area contributed by atoms with Gasteiger partial charge >= 0.3 is 5.97 Å². The Morgan fingerprint density at radius 3 is 2.44 bits per heavy atom. The average Bonchev–Trinajstić information content (AvgIpc) is 2.82. The first kappa shape index (κ1) is 22.8. The van der Waals surface area contributed by atoms with Gasteiger partial charge in [-0.3, -0.25) is 4.79 Å². The van der Waals surface area contributed by atoms with Crippen LogP contribution >= 0.6 is 15.9 Å². The molecular formula is C25H19BrN2O4. The molecule has 0 unspecified atom stereocenters. The van der Waals surface area contributed by atoms with Crippen LogP contribution in [0.4, 0.5) is 0 Å². The molecule has 6 nitrogen and oxygen atoms in total. The van der Waals surface area contributed by atoms with E-state index in [1.165, 1.54) is 13.2 Å². The van der Waals surface area contributed by atoms with E-state index >= 15 is 0 Å². The molecule has 0 radical (unpaired) electrons. The molecule has 0 spiro atoms. The number of carbonyl (C=O) groups excluding carboxylic acids is 2. The molecular weight excluding hydrogens is 472 g/mol. The van der Waals surface area contributed by atoms with Crippen molar-refractivity contribution in [1.29, 1.82) is 5.26 Å². The van der Waals surface area contributed by atoms with Gasteiger partial charge in [0.1, 0.15) is 11.6 Å². The van der Waals surface area contributed by atoms with Crippen LogP contribution in [0.25, 0.3) is 6.08 Å². The Bertz CT molecular complexity index is 1200. The molecule has 3 aromatic rings. The number of ether oxygens (including phenoxy) is 2. The first-order valence-corrected chi connectivity index (χ1v) is 10.4. The minimum Gasteiger partial charge on any atom is -0.493 e. The summed E-state index contributed by atoms with van der Waals surface area (Å²) in [4.78, 5) is 24.9. The maximum atomic E-state index is 12.5. The van der Waals surface area contributed by atoms with Crippen LogP contribution in [0.2, 0.25) is 0 Å². The van der Waals surface area contributed by atoms with Crippen molar-refractivity contribution >= 4 is 33.9 Å². The number of rotatable bonds is 7. The van der Waals surface area contributed by atoms with Crippen molar-refractivity contribution in [2.75, 3.05) is 7.11 Å². The molecule has 0 bridgehead atoms. The van der Waals surface area contributed by atoms with Gasteiger partial charge in [-0.15, -0.1) is 0 Å². The Morgan fingerprint density at radius 2 is 1.75 bits per heavy atom. The fourth-order valence-electron chi connectivity index (χ4n) is 2.83. The number of nitrogens with zero attached hydrogens (tertiary/aromatic N) is 1. The molecule has 3 rings (SSSR count). The summed E-state index contributed by atoms with van der Waals surface area (Å²) in [5.74, 6) is -0.518. The second-order valence-corrected chi connectivity index (χ2v) is 7.47. The SMILES string of the molecule is COc1cc(/C=C(/C#N)C(=O)NCc2ccccc2)ccc1OC(=O)c1ccccc1Br. The maximum Gasteiger partial charge on any atom is 0.344 e. The number of nitriles is 1. The van der Waals surface area contributed by atoms with Crippen LogP contribution in [0, 0.1) is 11.3 Å². The highest BCUT2D eigenvalue weighted by molar-refractivity contribution is 9.10. The van der Waals surface area contributed by atoms with Gasteiger partial charge in [0.2, 0.25) is 0 Å². The van der Waals surface area contributed by atoms with Crippen molar-refractivity contribution in [2.24, 2.45) is 0 Å². The smallest absolute Gasteiger partial charge is 0.344 e. The highest BCUT2D eigenvalue weighted by Crippen LogP contribution is 2.30. The summed E-state index contributed by atoms with van der Waals surface area (Å²) in [6, 6.07) is 23.0. The van der Waals surface area contributed by atoms with E-state index in [-0.39, 0.29) is 11.3 Å². The number of hydrogen-bond acceptors (Lipinski definition) is 5. The molecule has 160 valence electrons. The summed E-state index contributed by atoms with van der Waals surface area (Å²) < 4.78 is 11.4. The Balaban J connectivity index is 1.75. The number of hydrogen-bond donors (Lipinski definition) is 1. The van der Waals surface area contributed by atoms with Crippen LogP contribution in [0.15, 0.2) is 82.8 Å². The molecule has 1 amide bonds. The highest BCUT2D eigenvalue weighted by Gasteiger charge is 2.16. The lowest BCUT2D eigenvalue weighted by Gasteiger charge is -2.11. The van der Waals surface area contributed by atoms with E-state index in [4.69, 9.17) is 9.47 Å². The Kier molecular flexibility index (Phi) is 7.79. The van der Waals surface area contributed by atoms with E-state index in [0.717, 1.165) is 5.56 Å². The molecule has 7 heteroatoms. The molecule has 0 saturated heterocycles. The number of benzene rings is 3.